The third-order valence-electron chi connectivity index (χ3n) is 5.84. The van der Waals surface area contributed by atoms with Crippen molar-refractivity contribution in [3.05, 3.63) is 53.1 Å². The molecule has 0 amide bonds. The van der Waals surface area contributed by atoms with Crippen LogP contribution >= 0.6 is 0 Å². The van der Waals surface area contributed by atoms with Gasteiger partial charge in [-0.3, -0.25) is 0 Å². The molecule has 1 aromatic heterocycles. The molecule has 0 bridgehead atoms. The molecule has 0 radical (unpaired) electrons. The summed E-state index contributed by atoms with van der Waals surface area (Å²) >= 11 is 0. The Kier molecular flexibility index (Phi) is 7.71. The summed E-state index contributed by atoms with van der Waals surface area (Å²) in [6.45, 7) is 7.69. The molecule has 1 heterocycles. The lowest BCUT2D eigenvalue weighted by Crippen LogP contribution is -2.40. The predicted molar refractivity (Wildman–Crippen MR) is 131 cm³/mol. The number of ether oxygens (including phenoxy) is 3. The van der Waals surface area contributed by atoms with Crippen LogP contribution in [0.2, 0.25) is 0 Å². The Morgan fingerprint density at radius 1 is 0.972 bits per heavy atom. The standard InChI is InChI=1S/C26H32F3N3O4/c1-15-30-20-14-21(35-7)22(36-11-10-34-6)13-17(20)23(31-15)32-24(2,3)18-12-16(8-9-19(18)27)26(28,29)25(4,5)33/h8-9,12-14,33H,10-11H2,1-7H3,(H,30,31,32). The van der Waals surface area contributed by atoms with E-state index >= 15 is 0 Å². The number of methoxy groups -OCH3 is 2. The van der Waals surface area contributed by atoms with Crippen LogP contribution in [0.15, 0.2) is 30.3 Å². The number of aryl methyl sites for hydroxylation is 1. The van der Waals surface area contributed by atoms with Crippen LogP contribution in [0.1, 0.15) is 44.6 Å². The molecule has 7 nitrogen and oxygen atoms in total. The van der Waals surface area contributed by atoms with Gasteiger partial charge < -0.3 is 24.6 Å². The van der Waals surface area contributed by atoms with Gasteiger partial charge >= 0.3 is 5.92 Å². The van der Waals surface area contributed by atoms with E-state index in [2.05, 4.69) is 15.3 Å². The summed E-state index contributed by atoms with van der Waals surface area (Å²) in [7, 11) is 3.08. The number of rotatable bonds is 10. The Labute approximate surface area is 208 Å². The molecule has 0 saturated heterocycles. The second-order valence-corrected chi connectivity index (χ2v) is 9.56. The van der Waals surface area contributed by atoms with Gasteiger partial charge in [-0.1, -0.05) is 6.07 Å². The second kappa shape index (κ2) is 10.1. The van der Waals surface area contributed by atoms with Crippen molar-refractivity contribution in [3.63, 3.8) is 0 Å². The number of alkyl halides is 2. The Morgan fingerprint density at radius 3 is 2.28 bits per heavy atom. The van der Waals surface area contributed by atoms with Crippen LogP contribution in [0.3, 0.4) is 0 Å². The van der Waals surface area contributed by atoms with Crippen LogP contribution in [0.5, 0.6) is 11.5 Å². The zero-order valence-corrected chi connectivity index (χ0v) is 21.5. The fourth-order valence-corrected chi connectivity index (χ4v) is 3.77. The number of aliphatic hydroxyl groups is 1. The maximum Gasteiger partial charge on any atom is 0.300 e. The molecule has 36 heavy (non-hydrogen) atoms. The summed E-state index contributed by atoms with van der Waals surface area (Å²) < 4.78 is 60.9. The van der Waals surface area contributed by atoms with E-state index in [-0.39, 0.29) is 12.2 Å². The van der Waals surface area contributed by atoms with E-state index in [1.165, 1.54) is 7.11 Å². The summed E-state index contributed by atoms with van der Waals surface area (Å²) in [6.07, 6.45) is 0. The summed E-state index contributed by atoms with van der Waals surface area (Å²) in [5.74, 6) is -2.57. The monoisotopic (exact) mass is 507 g/mol. The quantitative estimate of drug-likeness (QED) is 0.359. The average molecular weight is 508 g/mol. The SMILES string of the molecule is COCCOc1cc2c(NC(C)(C)c3cc(C(F)(F)C(C)(C)O)ccc3F)nc(C)nc2cc1OC. The van der Waals surface area contributed by atoms with Gasteiger partial charge in [-0.15, -0.1) is 0 Å². The van der Waals surface area contributed by atoms with E-state index in [4.69, 9.17) is 14.2 Å². The Hall–Kier alpha value is -3.11. The first kappa shape index (κ1) is 27.5. The van der Waals surface area contributed by atoms with Crippen molar-refractivity contribution in [2.45, 2.75) is 51.7 Å². The Bertz CT molecular complexity index is 1240. The molecule has 0 spiro atoms. The molecule has 196 valence electrons. The van der Waals surface area contributed by atoms with Gasteiger partial charge in [0.1, 0.15) is 29.7 Å². The summed E-state index contributed by atoms with van der Waals surface area (Å²) in [4.78, 5) is 8.96. The molecule has 2 aromatic carbocycles. The Balaban J connectivity index is 2.09. The first-order chi connectivity index (χ1) is 16.7. The van der Waals surface area contributed by atoms with E-state index < -0.39 is 28.4 Å². The number of benzene rings is 2. The number of aromatic nitrogens is 2. The largest absolute Gasteiger partial charge is 0.493 e. The van der Waals surface area contributed by atoms with Gasteiger partial charge in [-0.25, -0.2) is 14.4 Å². The number of anilines is 1. The van der Waals surface area contributed by atoms with E-state index in [1.807, 2.05) is 0 Å². The van der Waals surface area contributed by atoms with Crippen molar-refractivity contribution >= 4 is 16.7 Å². The molecule has 0 atom stereocenters. The van der Waals surface area contributed by atoms with E-state index in [9.17, 15) is 18.3 Å². The molecule has 0 unspecified atom stereocenters. The van der Waals surface area contributed by atoms with Gasteiger partial charge in [-0.05, 0) is 52.8 Å². The summed E-state index contributed by atoms with van der Waals surface area (Å²) in [5.41, 5.74) is -3.47. The molecule has 10 heteroatoms. The van der Waals surface area contributed by atoms with Crippen molar-refractivity contribution in [3.8, 4) is 11.5 Å². The van der Waals surface area contributed by atoms with Crippen LogP contribution in [-0.2, 0) is 16.2 Å². The van der Waals surface area contributed by atoms with Crippen molar-refractivity contribution in [2.24, 2.45) is 0 Å². The van der Waals surface area contributed by atoms with Crippen LogP contribution in [0.4, 0.5) is 19.0 Å². The second-order valence-electron chi connectivity index (χ2n) is 9.56. The van der Waals surface area contributed by atoms with Crippen LogP contribution in [0.25, 0.3) is 10.9 Å². The molecule has 0 fully saturated rings. The van der Waals surface area contributed by atoms with Crippen molar-refractivity contribution < 1.29 is 32.5 Å². The zero-order chi connectivity index (χ0) is 26.9. The molecular formula is C26H32F3N3O4. The number of fused-ring (bicyclic) bond motifs is 1. The first-order valence-corrected chi connectivity index (χ1v) is 11.4. The Morgan fingerprint density at radius 2 is 1.67 bits per heavy atom. The molecule has 0 aliphatic rings. The molecule has 0 aliphatic carbocycles. The number of hydrogen-bond donors (Lipinski definition) is 2. The molecule has 0 aliphatic heterocycles. The van der Waals surface area contributed by atoms with Crippen molar-refractivity contribution in [2.75, 3.05) is 32.8 Å². The minimum Gasteiger partial charge on any atom is -0.493 e. The van der Waals surface area contributed by atoms with E-state index in [1.54, 1.807) is 40.0 Å². The maximum absolute atomic E-state index is 15.0. The minimum absolute atomic E-state index is 0.0154. The van der Waals surface area contributed by atoms with E-state index in [0.717, 1.165) is 32.0 Å². The highest BCUT2D eigenvalue weighted by atomic mass is 19.3. The molecule has 3 aromatic rings. The molecular weight excluding hydrogens is 475 g/mol. The lowest BCUT2D eigenvalue weighted by molar-refractivity contribution is -0.168. The minimum atomic E-state index is -3.60. The summed E-state index contributed by atoms with van der Waals surface area (Å²) in [5, 5.41) is 13.7. The maximum atomic E-state index is 15.0. The third-order valence-corrected chi connectivity index (χ3v) is 5.84. The van der Waals surface area contributed by atoms with Gasteiger partial charge in [0.25, 0.3) is 0 Å². The van der Waals surface area contributed by atoms with Gasteiger partial charge in [0.2, 0.25) is 0 Å². The van der Waals surface area contributed by atoms with Crippen molar-refractivity contribution in [1.82, 2.24) is 9.97 Å². The highest BCUT2D eigenvalue weighted by molar-refractivity contribution is 5.92. The highest BCUT2D eigenvalue weighted by Gasteiger charge is 2.47. The number of hydrogen-bond acceptors (Lipinski definition) is 7. The fourth-order valence-electron chi connectivity index (χ4n) is 3.77. The van der Waals surface area contributed by atoms with Crippen LogP contribution in [0, 0.1) is 12.7 Å². The van der Waals surface area contributed by atoms with Crippen LogP contribution < -0.4 is 14.8 Å². The normalized spacial score (nSPS) is 12.6. The summed E-state index contributed by atoms with van der Waals surface area (Å²) in [6, 6.07) is 6.43. The van der Waals surface area contributed by atoms with E-state index in [0.29, 0.717) is 40.7 Å². The molecule has 0 saturated carbocycles. The smallest absolute Gasteiger partial charge is 0.300 e. The fraction of sp³-hybridized carbons (Fsp3) is 0.462. The lowest BCUT2D eigenvalue weighted by atomic mass is 9.87. The highest BCUT2D eigenvalue weighted by Crippen LogP contribution is 2.41. The third kappa shape index (κ3) is 5.49. The van der Waals surface area contributed by atoms with Gasteiger partial charge in [-0.2, -0.15) is 8.78 Å². The topological polar surface area (TPSA) is 85.7 Å². The number of nitrogens with one attached hydrogen (secondary N) is 1. The number of halogens is 3. The van der Waals surface area contributed by atoms with Crippen molar-refractivity contribution in [1.29, 1.82) is 0 Å². The molecule has 2 N–H and O–H groups in total. The van der Waals surface area contributed by atoms with Crippen LogP contribution in [-0.4, -0.2) is 48.1 Å². The lowest BCUT2D eigenvalue weighted by Gasteiger charge is -2.32. The van der Waals surface area contributed by atoms with Gasteiger partial charge in [0.05, 0.1) is 24.8 Å². The van der Waals surface area contributed by atoms with Gasteiger partial charge in [0.15, 0.2) is 11.5 Å². The average Bonchev–Trinajstić information content (AvgIpc) is 2.78. The van der Waals surface area contributed by atoms with Gasteiger partial charge in [0, 0.05) is 29.7 Å². The number of nitrogens with zero attached hydrogens (tertiary/aromatic N) is 2. The first-order valence-electron chi connectivity index (χ1n) is 11.4. The zero-order valence-electron chi connectivity index (χ0n) is 21.5. The molecule has 3 rings (SSSR count). The predicted octanol–water partition coefficient (Wildman–Crippen LogP) is 5.32.